The summed E-state index contributed by atoms with van der Waals surface area (Å²) in [6.45, 7) is 1.60. The molecule has 2 N–H and O–H groups in total. The van der Waals surface area contributed by atoms with Crippen molar-refractivity contribution >= 4 is 15.7 Å². The Morgan fingerprint density at radius 2 is 1.75 bits per heavy atom. The van der Waals surface area contributed by atoms with Crippen LogP contribution in [0.1, 0.15) is 5.56 Å². The Hall–Kier alpha value is -2.15. The van der Waals surface area contributed by atoms with Crippen LogP contribution in [-0.2, 0) is 10.0 Å². The highest BCUT2D eigenvalue weighted by molar-refractivity contribution is 7.92. The fraction of sp³-hybridized carbons (Fsp3) is 0.0769. The normalized spacial score (nSPS) is 11.3. The Labute approximate surface area is 114 Å². The fourth-order valence-electron chi connectivity index (χ4n) is 1.61. The minimum Gasteiger partial charge on any atom is -0.508 e. The van der Waals surface area contributed by atoms with Gasteiger partial charge in [-0.2, -0.15) is 0 Å². The summed E-state index contributed by atoms with van der Waals surface area (Å²) in [5, 5.41) is 9.25. The van der Waals surface area contributed by atoms with Crippen molar-refractivity contribution in [3.05, 3.63) is 53.6 Å². The third-order valence-electron chi connectivity index (χ3n) is 2.66. The minimum atomic E-state index is -4.03. The molecule has 0 radical (unpaired) electrons. The first-order valence-corrected chi connectivity index (χ1v) is 7.05. The van der Waals surface area contributed by atoms with Crippen molar-refractivity contribution in [3.63, 3.8) is 0 Å². The van der Waals surface area contributed by atoms with Gasteiger partial charge in [-0.3, -0.25) is 4.72 Å². The van der Waals surface area contributed by atoms with Gasteiger partial charge in [0.25, 0.3) is 10.0 Å². The monoisotopic (exact) mass is 299 g/mol. The van der Waals surface area contributed by atoms with Crippen molar-refractivity contribution < 1.29 is 22.3 Å². The van der Waals surface area contributed by atoms with E-state index in [1.54, 1.807) is 6.92 Å². The molecule has 0 bridgehead atoms. The molecule has 0 heterocycles. The van der Waals surface area contributed by atoms with Crippen LogP contribution in [0, 0.1) is 18.6 Å². The van der Waals surface area contributed by atoms with Gasteiger partial charge >= 0.3 is 0 Å². The standard InChI is InChI=1S/C13H11F2NO3S/c1-8-6-9(17)2-5-13(8)16-20(18,19)10-3-4-11(14)12(15)7-10/h2-7,16-17H,1H3. The Bertz CT molecular complexity index is 760. The van der Waals surface area contributed by atoms with Crippen molar-refractivity contribution in [2.24, 2.45) is 0 Å². The second kappa shape index (κ2) is 5.09. The summed E-state index contributed by atoms with van der Waals surface area (Å²) in [6, 6.07) is 6.39. The number of phenols is 1. The molecule has 0 amide bonds. The zero-order valence-electron chi connectivity index (χ0n) is 10.4. The first-order valence-electron chi connectivity index (χ1n) is 5.57. The molecule has 0 atom stereocenters. The summed E-state index contributed by atoms with van der Waals surface area (Å²) in [4.78, 5) is -0.385. The quantitative estimate of drug-likeness (QED) is 0.856. The van der Waals surface area contributed by atoms with Gasteiger partial charge in [-0.05, 0) is 48.9 Å². The highest BCUT2D eigenvalue weighted by atomic mass is 32.2. The van der Waals surface area contributed by atoms with E-state index < -0.39 is 21.7 Å². The average Bonchev–Trinajstić information content (AvgIpc) is 2.36. The van der Waals surface area contributed by atoms with Crippen LogP contribution in [0.5, 0.6) is 5.75 Å². The lowest BCUT2D eigenvalue weighted by atomic mass is 10.2. The molecular formula is C13H11F2NO3S. The molecule has 0 unspecified atom stereocenters. The van der Waals surface area contributed by atoms with Gasteiger partial charge in [-0.25, -0.2) is 17.2 Å². The number of hydrogen-bond acceptors (Lipinski definition) is 3. The maximum Gasteiger partial charge on any atom is 0.262 e. The third kappa shape index (κ3) is 2.88. The third-order valence-corrected chi connectivity index (χ3v) is 4.02. The maximum absolute atomic E-state index is 13.1. The average molecular weight is 299 g/mol. The van der Waals surface area contributed by atoms with Gasteiger partial charge in [0.15, 0.2) is 11.6 Å². The van der Waals surface area contributed by atoms with Crippen LogP contribution in [-0.4, -0.2) is 13.5 Å². The molecule has 0 aliphatic heterocycles. The second-order valence-corrected chi connectivity index (χ2v) is 5.86. The fourth-order valence-corrected chi connectivity index (χ4v) is 2.75. The van der Waals surface area contributed by atoms with Crippen molar-refractivity contribution in [1.29, 1.82) is 0 Å². The Balaban J connectivity index is 2.38. The van der Waals surface area contributed by atoms with Crippen LogP contribution in [0.15, 0.2) is 41.3 Å². The number of nitrogens with one attached hydrogen (secondary N) is 1. The number of rotatable bonds is 3. The zero-order valence-corrected chi connectivity index (χ0v) is 11.2. The number of anilines is 1. The zero-order chi connectivity index (χ0) is 14.9. The van der Waals surface area contributed by atoms with Crippen LogP contribution in [0.25, 0.3) is 0 Å². The predicted octanol–water partition coefficient (Wildman–Crippen LogP) is 2.78. The Morgan fingerprint density at radius 3 is 2.35 bits per heavy atom. The minimum absolute atomic E-state index is 0.00160. The van der Waals surface area contributed by atoms with E-state index in [2.05, 4.69) is 4.72 Å². The van der Waals surface area contributed by atoms with E-state index in [0.29, 0.717) is 11.6 Å². The molecule has 0 fully saturated rings. The molecule has 0 aliphatic rings. The summed E-state index contributed by atoms with van der Waals surface area (Å²) in [6.07, 6.45) is 0. The lowest BCUT2D eigenvalue weighted by molar-refractivity contribution is 0.475. The number of halogens is 2. The van der Waals surface area contributed by atoms with Gasteiger partial charge in [0.2, 0.25) is 0 Å². The van der Waals surface area contributed by atoms with E-state index >= 15 is 0 Å². The van der Waals surface area contributed by atoms with E-state index in [-0.39, 0.29) is 16.3 Å². The molecule has 2 aromatic rings. The van der Waals surface area contributed by atoms with Crippen LogP contribution in [0.2, 0.25) is 0 Å². The van der Waals surface area contributed by atoms with Crippen LogP contribution in [0.3, 0.4) is 0 Å². The number of benzene rings is 2. The summed E-state index contributed by atoms with van der Waals surface area (Å²) in [5.41, 5.74) is 0.740. The highest BCUT2D eigenvalue weighted by Gasteiger charge is 2.17. The molecule has 2 aromatic carbocycles. The molecule has 7 heteroatoms. The van der Waals surface area contributed by atoms with Crippen molar-refractivity contribution in [2.45, 2.75) is 11.8 Å². The molecular weight excluding hydrogens is 288 g/mol. The summed E-state index contributed by atoms with van der Waals surface area (Å²) < 4.78 is 52.2. The summed E-state index contributed by atoms with van der Waals surface area (Å²) in [5.74, 6) is -2.36. The van der Waals surface area contributed by atoms with E-state index in [1.807, 2.05) is 0 Å². The smallest absolute Gasteiger partial charge is 0.262 e. The van der Waals surface area contributed by atoms with E-state index in [9.17, 15) is 22.3 Å². The SMILES string of the molecule is Cc1cc(O)ccc1NS(=O)(=O)c1ccc(F)c(F)c1. The van der Waals surface area contributed by atoms with Crippen molar-refractivity contribution in [3.8, 4) is 5.75 Å². The van der Waals surface area contributed by atoms with E-state index in [1.165, 1.54) is 18.2 Å². The predicted molar refractivity (Wildman–Crippen MR) is 70.0 cm³/mol. The van der Waals surface area contributed by atoms with Crippen molar-refractivity contribution in [1.82, 2.24) is 0 Å². The van der Waals surface area contributed by atoms with Crippen molar-refractivity contribution in [2.75, 3.05) is 4.72 Å². The van der Waals surface area contributed by atoms with Crippen LogP contribution in [0.4, 0.5) is 14.5 Å². The van der Waals surface area contributed by atoms with Crippen LogP contribution >= 0.6 is 0 Å². The van der Waals surface area contributed by atoms with Gasteiger partial charge in [-0.1, -0.05) is 0 Å². The lowest BCUT2D eigenvalue weighted by Gasteiger charge is -2.11. The van der Waals surface area contributed by atoms with Gasteiger partial charge in [0.05, 0.1) is 10.6 Å². The first-order chi connectivity index (χ1) is 9.29. The van der Waals surface area contributed by atoms with Gasteiger partial charge in [0, 0.05) is 0 Å². The number of aromatic hydroxyl groups is 1. The van der Waals surface area contributed by atoms with Gasteiger partial charge in [-0.15, -0.1) is 0 Å². The molecule has 0 saturated carbocycles. The highest BCUT2D eigenvalue weighted by Crippen LogP contribution is 2.23. The molecule has 0 spiro atoms. The molecule has 0 saturated heterocycles. The molecule has 4 nitrogen and oxygen atoms in total. The number of phenolic OH excluding ortho intramolecular Hbond substituents is 1. The first kappa shape index (κ1) is 14.3. The maximum atomic E-state index is 13.1. The molecule has 0 aliphatic carbocycles. The number of hydrogen-bond donors (Lipinski definition) is 2. The summed E-state index contributed by atoms with van der Waals surface area (Å²) >= 11 is 0. The topological polar surface area (TPSA) is 66.4 Å². The summed E-state index contributed by atoms with van der Waals surface area (Å²) in [7, 11) is -4.03. The van der Waals surface area contributed by atoms with Gasteiger partial charge in [0.1, 0.15) is 5.75 Å². The van der Waals surface area contributed by atoms with E-state index in [0.717, 1.165) is 12.1 Å². The molecule has 20 heavy (non-hydrogen) atoms. The molecule has 106 valence electrons. The number of sulfonamides is 1. The molecule has 2 rings (SSSR count). The Morgan fingerprint density at radius 1 is 1.05 bits per heavy atom. The van der Waals surface area contributed by atoms with Gasteiger partial charge < -0.3 is 5.11 Å². The van der Waals surface area contributed by atoms with Crippen LogP contribution < -0.4 is 4.72 Å². The van der Waals surface area contributed by atoms with E-state index in [4.69, 9.17) is 0 Å². The Kier molecular flexibility index (Phi) is 3.63. The largest absolute Gasteiger partial charge is 0.508 e. The lowest BCUT2D eigenvalue weighted by Crippen LogP contribution is -2.14. The molecule has 0 aromatic heterocycles. The second-order valence-electron chi connectivity index (χ2n) is 4.18. The number of aryl methyl sites for hydroxylation is 1.